The van der Waals surface area contributed by atoms with Gasteiger partial charge in [0.25, 0.3) is 0 Å². The summed E-state index contributed by atoms with van der Waals surface area (Å²) in [6.45, 7) is 3.44. The molecule has 0 spiro atoms. The maximum absolute atomic E-state index is 13.2. The first-order valence-electron chi connectivity index (χ1n) is 5.47. The van der Waals surface area contributed by atoms with Crippen LogP contribution in [-0.4, -0.2) is 12.6 Å². The van der Waals surface area contributed by atoms with Crippen LogP contribution in [0.5, 0.6) is 0 Å². The molecule has 0 aliphatic rings. The second-order valence-corrected chi connectivity index (χ2v) is 4.18. The SMILES string of the molecule is CC(C)OC(CN)c1cc(F)cc(C(F)(F)F)c1. The molecule has 0 aliphatic carbocycles. The van der Waals surface area contributed by atoms with E-state index < -0.39 is 23.7 Å². The molecule has 1 rings (SSSR count). The fraction of sp³-hybridized carbons (Fsp3) is 0.500. The summed E-state index contributed by atoms with van der Waals surface area (Å²) >= 11 is 0. The van der Waals surface area contributed by atoms with Crippen molar-refractivity contribution in [1.29, 1.82) is 0 Å². The molecule has 2 nitrogen and oxygen atoms in total. The Morgan fingerprint density at radius 3 is 2.28 bits per heavy atom. The zero-order valence-corrected chi connectivity index (χ0v) is 10.1. The minimum absolute atomic E-state index is 0.0149. The van der Waals surface area contributed by atoms with Gasteiger partial charge in [-0.2, -0.15) is 13.2 Å². The summed E-state index contributed by atoms with van der Waals surface area (Å²) in [4.78, 5) is 0. The standard InChI is InChI=1S/C12H15F4NO/c1-7(2)18-11(6-17)8-3-9(12(14,15)16)5-10(13)4-8/h3-5,7,11H,6,17H2,1-2H3. The van der Waals surface area contributed by atoms with Crippen molar-refractivity contribution in [2.24, 2.45) is 5.73 Å². The lowest BCUT2D eigenvalue weighted by molar-refractivity contribution is -0.137. The second-order valence-electron chi connectivity index (χ2n) is 4.18. The predicted molar refractivity (Wildman–Crippen MR) is 59.4 cm³/mol. The van der Waals surface area contributed by atoms with Crippen LogP contribution in [0.25, 0.3) is 0 Å². The second kappa shape index (κ2) is 5.67. The highest BCUT2D eigenvalue weighted by atomic mass is 19.4. The molecule has 0 aromatic heterocycles. The van der Waals surface area contributed by atoms with E-state index in [2.05, 4.69) is 0 Å². The van der Waals surface area contributed by atoms with Gasteiger partial charge in [-0.05, 0) is 37.6 Å². The van der Waals surface area contributed by atoms with Gasteiger partial charge in [-0.25, -0.2) is 4.39 Å². The summed E-state index contributed by atoms with van der Waals surface area (Å²) in [5.74, 6) is -0.953. The Labute approximate surface area is 103 Å². The van der Waals surface area contributed by atoms with E-state index in [4.69, 9.17) is 10.5 Å². The topological polar surface area (TPSA) is 35.2 Å². The molecule has 18 heavy (non-hydrogen) atoms. The van der Waals surface area contributed by atoms with Crippen LogP contribution < -0.4 is 5.73 Å². The average Bonchev–Trinajstić information content (AvgIpc) is 2.23. The van der Waals surface area contributed by atoms with E-state index in [1.165, 1.54) is 0 Å². The molecule has 1 aromatic carbocycles. The largest absolute Gasteiger partial charge is 0.416 e. The van der Waals surface area contributed by atoms with Crippen molar-refractivity contribution < 1.29 is 22.3 Å². The quantitative estimate of drug-likeness (QED) is 0.848. The van der Waals surface area contributed by atoms with Crippen LogP contribution in [0.3, 0.4) is 0 Å². The van der Waals surface area contributed by atoms with Crippen LogP contribution in [0, 0.1) is 5.82 Å². The number of nitrogens with two attached hydrogens (primary N) is 1. The summed E-state index contributed by atoms with van der Waals surface area (Å²) < 4.78 is 56.2. The molecule has 102 valence electrons. The zero-order chi connectivity index (χ0) is 13.9. The van der Waals surface area contributed by atoms with Crippen molar-refractivity contribution in [1.82, 2.24) is 0 Å². The van der Waals surface area contributed by atoms with Crippen LogP contribution >= 0.6 is 0 Å². The van der Waals surface area contributed by atoms with Crippen LogP contribution in [0.4, 0.5) is 17.6 Å². The van der Waals surface area contributed by atoms with Crippen LogP contribution in [0.1, 0.15) is 31.1 Å². The van der Waals surface area contributed by atoms with Gasteiger partial charge in [0.15, 0.2) is 0 Å². The van der Waals surface area contributed by atoms with E-state index in [1.807, 2.05) is 0 Å². The molecule has 1 unspecified atom stereocenters. The molecule has 0 heterocycles. The molecule has 0 radical (unpaired) electrons. The zero-order valence-electron chi connectivity index (χ0n) is 10.1. The molecule has 0 amide bonds. The Hall–Kier alpha value is -1.14. The van der Waals surface area contributed by atoms with Gasteiger partial charge in [0.1, 0.15) is 5.82 Å². The first-order chi connectivity index (χ1) is 8.24. The first-order valence-corrected chi connectivity index (χ1v) is 5.47. The lowest BCUT2D eigenvalue weighted by Crippen LogP contribution is -2.20. The molecular formula is C12H15F4NO. The third-order valence-electron chi connectivity index (χ3n) is 2.27. The minimum atomic E-state index is -4.59. The van der Waals surface area contributed by atoms with Gasteiger partial charge in [0.2, 0.25) is 0 Å². The van der Waals surface area contributed by atoms with Gasteiger partial charge in [0, 0.05) is 6.54 Å². The van der Waals surface area contributed by atoms with E-state index in [0.29, 0.717) is 6.07 Å². The maximum Gasteiger partial charge on any atom is 0.416 e. The van der Waals surface area contributed by atoms with E-state index in [-0.39, 0.29) is 18.2 Å². The molecule has 1 atom stereocenters. The summed E-state index contributed by atoms with van der Waals surface area (Å²) in [6, 6.07) is 2.32. The van der Waals surface area contributed by atoms with Crippen molar-refractivity contribution in [3.05, 3.63) is 35.1 Å². The highest BCUT2D eigenvalue weighted by Gasteiger charge is 2.32. The van der Waals surface area contributed by atoms with Crippen molar-refractivity contribution >= 4 is 0 Å². The van der Waals surface area contributed by atoms with Gasteiger partial charge in [-0.1, -0.05) is 0 Å². The summed E-state index contributed by atoms with van der Waals surface area (Å²) in [7, 11) is 0. The molecule has 0 saturated heterocycles. The molecule has 0 aliphatic heterocycles. The number of alkyl halides is 3. The minimum Gasteiger partial charge on any atom is -0.370 e. The molecular weight excluding hydrogens is 250 g/mol. The molecule has 0 bridgehead atoms. The maximum atomic E-state index is 13.2. The van der Waals surface area contributed by atoms with E-state index >= 15 is 0 Å². The Bertz CT molecular complexity index is 404. The number of benzene rings is 1. The van der Waals surface area contributed by atoms with Gasteiger partial charge in [-0.15, -0.1) is 0 Å². The Morgan fingerprint density at radius 2 is 1.83 bits per heavy atom. The third kappa shape index (κ3) is 3.96. The predicted octanol–water partition coefficient (Wildman–Crippen LogP) is 3.27. The first kappa shape index (κ1) is 14.9. The number of rotatable bonds is 4. The van der Waals surface area contributed by atoms with Crippen LogP contribution in [-0.2, 0) is 10.9 Å². The normalized spacial score (nSPS) is 14.0. The average molecular weight is 265 g/mol. The highest BCUT2D eigenvalue weighted by molar-refractivity contribution is 5.28. The number of ether oxygens (including phenoxy) is 1. The van der Waals surface area contributed by atoms with Crippen molar-refractivity contribution in [3.63, 3.8) is 0 Å². The van der Waals surface area contributed by atoms with Crippen molar-refractivity contribution in [3.8, 4) is 0 Å². The summed E-state index contributed by atoms with van der Waals surface area (Å²) in [5.41, 5.74) is 4.49. The summed E-state index contributed by atoms with van der Waals surface area (Å²) in [5, 5.41) is 0. The molecule has 1 aromatic rings. The Balaban J connectivity index is 3.11. The Kier molecular flexibility index (Phi) is 4.70. The van der Waals surface area contributed by atoms with Crippen molar-refractivity contribution in [2.75, 3.05) is 6.54 Å². The van der Waals surface area contributed by atoms with Crippen LogP contribution in [0.15, 0.2) is 18.2 Å². The fourth-order valence-electron chi connectivity index (χ4n) is 1.56. The monoisotopic (exact) mass is 265 g/mol. The fourth-order valence-corrected chi connectivity index (χ4v) is 1.56. The lowest BCUT2D eigenvalue weighted by Gasteiger charge is -2.20. The molecule has 6 heteroatoms. The van der Waals surface area contributed by atoms with Gasteiger partial charge in [0.05, 0.1) is 17.8 Å². The van der Waals surface area contributed by atoms with Gasteiger partial charge in [-0.3, -0.25) is 0 Å². The van der Waals surface area contributed by atoms with E-state index in [9.17, 15) is 17.6 Å². The smallest absolute Gasteiger partial charge is 0.370 e. The molecule has 2 N–H and O–H groups in total. The number of hydrogen-bond donors (Lipinski definition) is 1. The third-order valence-corrected chi connectivity index (χ3v) is 2.27. The molecule has 0 saturated carbocycles. The number of hydrogen-bond acceptors (Lipinski definition) is 2. The van der Waals surface area contributed by atoms with E-state index in [1.54, 1.807) is 13.8 Å². The van der Waals surface area contributed by atoms with Crippen LogP contribution in [0.2, 0.25) is 0 Å². The van der Waals surface area contributed by atoms with E-state index in [0.717, 1.165) is 12.1 Å². The lowest BCUT2D eigenvalue weighted by atomic mass is 10.0. The molecule has 0 fully saturated rings. The van der Waals surface area contributed by atoms with Crippen molar-refractivity contribution in [2.45, 2.75) is 32.2 Å². The highest BCUT2D eigenvalue weighted by Crippen LogP contribution is 2.32. The Morgan fingerprint density at radius 1 is 1.22 bits per heavy atom. The summed E-state index contributed by atoms with van der Waals surface area (Å²) in [6.07, 6.45) is -5.55. The number of halogens is 4. The van der Waals surface area contributed by atoms with Gasteiger partial charge >= 0.3 is 6.18 Å². The van der Waals surface area contributed by atoms with Gasteiger partial charge < -0.3 is 10.5 Å².